The molecule has 1 amide bonds. The summed E-state index contributed by atoms with van der Waals surface area (Å²) in [5.74, 6) is 1.03. The second kappa shape index (κ2) is 10.2. The van der Waals surface area contributed by atoms with Crippen molar-refractivity contribution in [2.75, 3.05) is 11.9 Å². The van der Waals surface area contributed by atoms with Gasteiger partial charge >= 0.3 is 0 Å². The third-order valence-electron chi connectivity index (χ3n) is 4.71. The highest BCUT2D eigenvalue weighted by molar-refractivity contribution is 7.09. The molecule has 8 heteroatoms. The van der Waals surface area contributed by atoms with Crippen molar-refractivity contribution < 1.29 is 4.79 Å². The van der Waals surface area contributed by atoms with E-state index in [0.29, 0.717) is 13.1 Å². The molecular formula is C20H28N6OS. The summed E-state index contributed by atoms with van der Waals surface area (Å²) < 4.78 is 1.82. The molecule has 0 aromatic carbocycles. The maximum absolute atomic E-state index is 12.4. The summed E-state index contributed by atoms with van der Waals surface area (Å²) in [4.78, 5) is 22.4. The first-order valence-corrected chi connectivity index (χ1v) is 10.8. The van der Waals surface area contributed by atoms with E-state index in [9.17, 15) is 4.79 Å². The number of thiophene rings is 1. The Morgan fingerprint density at radius 3 is 2.79 bits per heavy atom. The highest BCUT2D eigenvalue weighted by Crippen LogP contribution is 2.20. The van der Waals surface area contributed by atoms with Gasteiger partial charge < -0.3 is 10.6 Å². The van der Waals surface area contributed by atoms with Crippen molar-refractivity contribution in [3.8, 4) is 0 Å². The predicted molar refractivity (Wildman–Crippen MR) is 113 cm³/mol. The Kier molecular flexibility index (Phi) is 7.36. The van der Waals surface area contributed by atoms with E-state index in [4.69, 9.17) is 0 Å². The lowest BCUT2D eigenvalue weighted by Crippen LogP contribution is -2.33. The van der Waals surface area contributed by atoms with Crippen molar-refractivity contribution in [1.29, 1.82) is 0 Å². The van der Waals surface area contributed by atoms with Gasteiger partial charge in [-0.15, -0.1) is 11.3 Å². The van der Waals surface area contributed by atoms with Crippen LogP contribution in [0, 0.1) is 5.92 Å². The Labute approximate surface area is 169 Å². The standard InChI is InChI=1S/C20H28N6OS/c1-3-6-15(7-4-2)20(27)21-9-10-26-19-17(13-25-26)18(23-14-24-19)22-12-16-8-5-11-28-16/h5,8,11,13-15H,3-4,6-7,9-10,12H2,1-2H3,(H,21,27)(H,22,23,24). The van der Waals surface area contributed by atoms with Crippen molar-refractivity contribution in [3.63, 3.8) is 0 Å². The zero-order valence-electron chi connectivity index (χ0n) is 16.5. The monoisotopic (exact) mass is 400 g/mol. The van der Waals surface area contributed by atoms with Gasteiger partial charge in [0.05, 0.1) is 24.7 Å². The number of nitrogens with one attached hydrogen (secondary N) is 2. The summed E-state index contributed by atoms with van der Waals surface area (Å²) in [5, 5.41) is 13.8. The van der Waals surface area contributed by atoms with E-state index >= 15 is 0 Å². The first kappa shape index (κ1) is 20.3. The van der Waals surface area contributed by atoms with Crippen LogP contribution in [0.1, 0.15) is 44.4 Å². The van der Waals surface area contributed by atoms with Crippen molar-refractivity contribution in [3.05, 3.63) is 34.9 Å². The third-order valence-corrected chi connectivity index (χ3v) is 5.59. The molecule has 0 aliphatic carbocycles. The van der Waals surface area contributed by atoms with Crippen LogP contribution in [0.4, 0.5) is 5.82 Å². The van der Waals surface area contributed by atoms with Gasteiger partial charge in [-0.2, -0.15) is 5.10 Å². The number of amides is 1. The summed E-state index contributed by atoms with van der Waals surface area (Å²) in [6.45, 7) is 6.09. The number of aromatic nitrogens is 4. The van der Waals surface area contributed by atoms with E-state index in [1.807, 2.05) is 10.7 Å². The van der Waals surface area contributed by atoms with Crippen LogP contribution in [0.25, 0.3) is 11.0 Å². The first-order chi connectivity index (χ1) is 13.7. The van der Waals surface area contributed by atoms with Gasteiger partial charge in [0.2, 0.25) is 5.91 Å². The van der Waals surface area contributed by atoms with E-state index in [-0.39, 0.29) is 11.8 Å². The molecule has 2 N–H and O–H groups in total. The summed E-state index contributed by atoms with van der Waals surface area (Å²) in [6.07, 6.45) is 7.27. The van der Waals surface area contributed by atoms with Crippen LogP contribution in [0.5, 0.6) is 0 Å². The Morgan fingerprint density at radius 1 is 1.25 bits per heavy atom. The van der Waals surface area contributed by atoms with Gasteiger partial charge in [0, 0.05) is 17.3 Å². The average Bonchev–Trinajstić information content (AvgIpc) is 3.36. The van der Waals surface area contributed by atoms with Crippen molar-refractivity contribution in [2.24, 2.45) is 5.92 Å². The van der Waals surface area contributed by atoms with Gasteiger partial charge in [0.1, 0.15) is 12.1 Å². The Bertz CT molecular complexity index is 870. The molecule has 0 fully saturated rings. The fourth-order valence-corrected chi connectivity index (χ4v) is 3.96. The van der Waals surface area contributed by atoms with E-state index in [2.05, 4.69) is 51.0 Å². The fourth-order valence-electron chi connectivity index (χ4n) is 3.31. The van der Waals surface area contributed by atoms with E-state index in [1.54, 1.807) is 23.9 Å². The number of anilines is 1. The Balaban J connectivity index is 1.59. The molecule has 7 nitrogen and oxygen atoms in total. The molecule has 0 atom stereocenters. The molecule has 28 heavy (non-hydrogen) atoms. The lowest BCUT2D eigenvalue weighted by Gasteiger charge is -2.15. The molecule has 3 aromatic rings. The number of hydrogen-bond acceptors (Lipinski definition) is 6. The average molecular weight is 401 g/mol. The SMILES string of the molecule is CCCC(CCC)C(=O)NCCn1ncc2c(NCc3cccs3)ncnc21. The van der Waals surface area contributed by atoms with Crippen LogP contribution in [0.2, 0.25) is 0 Å². The van der Waals surface area contributed by atoms with Gasteiger partial charge in [0.15, 0.2) is 5.65 Å². The second-order valence-corrected chi connectivity index (χ2v) is 7.86. The minimum Gasteiger partial charge on any atom is -0.364 e. The highest BCUT2D eigenvalue weighted by atomic mass is 32.1. The van der Waals surface area contributed by atoms with Crippen LogP contribution in [0.15, 0.2) is 30.0 Å². The van der Waals surface area contributed by atoms with Crippen molar-refractivity contribution >= 4 is 34.1 Å². The van der Waals surface area contributed by atoms with E-state index < -0.39 is 0 Å². The molecule has 0 saturated carbocycles. The summed E-state index contributed by atoms with van der Waals surface area (Å²) in [6, 6.07) is 4.13. The topological polar surface area (TPSA) is 84.7 Å². The number of carbonyl (C=O) groups excluding carboxylic acids is 1. The molecule has 0 aliphatic rings. The van der Waals surface area contributed by atoms with Crippen LogP contribution < -0.4 is 10.6 Å². The molecule has 3 rings (SSSR count). The molecule has 0 spiro atoms. The minimum atomic E-state index is 0.111. The van der Waals surface area contributed by atoms with Gasteiger partial charge in [-0.25, -0.2) is 14.6 Å². The lowest BCUT2D eigenvalue weighted by atomic mass is 9.97. The summed E-state index contributed by atoms with van der Waals surface area (Å²) in [7, 11) is 0. The number of rotatable bonds is 11. The predicted octanol–water partition coefficient (Wildman–Crippen LogP) is 3.83. The zero-order chi connectivity index (χ0) is 19.8. The first-order valence-electron chi connectivity index (χ1n) is 9.93. The summed E-state index contributed by atoms with van der Waals surface area (Å²) >= 11 is 1.71. The molecule has 0 unspecified atom stereocenters. The molecule has 150 valence electrons. The molecule has 3 aromatic heterocycles. The quantitative estimate of drug-likeness (QED) is 0.511. The van der Waals surface area contributed by atoms with Crippen LogP contribution in [-0.2, 0) is 17.9 Å². The van der Waals surface area contributed by atoms with Crippen molar-refractivity contribution in [2.45, 2.75) is 52.6 Å². The number of fused-ring (bicyclic) bond motifs is 1. The zero-order valence-corrected chi connectivity index (χ0v) is 17.3. The maximum atomic E-state index is 12.4. The Hall–Kier alpha value is -2.48. The lowest BCUT2D eigenvalue weighted by molar-refractivity contribution is -0.125. The normalized spacial score (nSPS) is 11.2. The minimum absolute atomic E-state index is 0.111. The maximum Gasteiger partial charge on any atom is 0.223 e. The molecule has 0 saturated heterocycles. The number of nitrogens with zero attached hydrogens (tertiary/aromatic N) is 4. The largest absolute Gasteiger partial charge is 0.364 e. The van der Waals surface area contributed by atoms with Crippen LogP contribution >= 0.6 is 11.3 Å². The fraction of sp³-hybridized carbons (Fsp3) is 0.500. The second-order valence-electron chi connectivity index (χ2n) is 6.83. The molecule has 3 heterocycles. The highest BCUT2D eigenvalue weighted by Gasteiger charge is 2.16. The van der Waals surface area contributed by atoms with Gasteiger partial charge in [-0.3, -0.25) is 4.79 Å². The smallest absolute Gasteiger partial charge is 0.223 e. The van der Waals surface area contributed by atoms with Gasteiger partial charge in [0.25, 0.3) is 0 Å². The van der Waals surface area contributed by atoms with E-state index in [1.165, 1.54) is 4.88 Å². The Morgan fingerprint density at radius 2 is 2.07 bits per heavy atom. The van der Waals surface area contributed by atoms with Gasteiger partial charge in [-0.1, -0.05) is 32.8 Å². The molecule has 0 bridgehead atoms. The number of hydrogen-bond donors (Lipinski definition) is 2. The third kappa shape index (κ3) is 5.07. The van der Waals surface area contributed by atoms with Gasteiger partial charge in [-0.05, 0) is 24.3 Å². The summed E-state index contributed by atoms with van der Waals surface area (Å²) in [5.41, 5.74) is 0.775. The van der Waals surface area contributed by atoms with Crippen LogP contribution in [-0.4, -0.2) is 32.2 Å². The number of carbonyl (C=O) groups is 1. The van der Waals surface area contributed by atoms with E-state index in [0.717, 1.165) is 49.1 Å². The molecular weight excluding hydrogens is 372 g/mol. The van der Waals surface area contributed by atoms with Crippen LogP contribution in [0.3, 0.4) is 0 Å². The molecule has 0 aliphatic heterocycles. The van der Waals surface area contributed by atoms with Crippen molar-refractivity contribution in [1.82, 2.24) is 25.1 Å². The molecule has 0 radical (unpaired) electrons.